The lowest BCUT2D eigenvalue weighted by Crippen LogP contribution is -2.46. The zero-order valence-electron chi connectivity index (χ0n) is 17.9. The van der Waals surface area contributed by atoms with Crippen molar-refractivity contribution in [3.63, 3.8) is 0 Å². The fraction of sp³-hybridized carbons (Fsp3) is 0.304. The van der Waals surface area contributed by atoms with E-state index in [9.17, 15) is 18.8 Å². The number of hydrazone groups is 1. The van der Waals surface area contributed by atoms with Gasteiger partial charge in [0.25, 0.3) is 5.92 Å². The number of nitrogens with zero attached hydrogens (tertiary/aromatic N) is 5. The number of alkyl halides is 2. The fourth-order valence-corrected chi connectivity index (χ4v) is 4.18. The number of guanidine groups is 1. The molecule has 1 saturated heterocycles. The lowest BCUT2D eigenvalue weighted by atomic mass is 10.0. The molecule has 0 saturated carbocycles. The summed E-state index contributed by atoms with van der Waals surface area (Å²) in [6.07, 6.45) is 2.90. The normalized spacial score (nSPS) is 18.8. The SMILES string of the molecule is N#CNC(=NCC(F)(F)c1ccc(Cl)cc1)N1CC(N2CCCC2=O)C(c2ccc(Cl)cc2)=N1. The summed E-state index contributed by atoms with van der Waals surface area (Å²) in [4.78, 5) is 18.2. The van der Waals surface area contributed by atoms with Crippen molar-refractivity contribution >= 4 is 40.8 Å². The number of amides is 1. The van der Waals surface area contributed by atoms with E-state index in [1.807, 2.05) is 0 Å². The van der Waals surface area contributed by atoms with Crippen molar-refractivity contribution in [2.24, 2.45) is 10.1 Å². The minimum Gasteiger partial charge on any atom is -0.332 e. The molecule has 0 spiro atoms. The first-order chi connectivity index (χ1) is 16.3. The van der Waals surface area contributed by atoms with Gasteiger partial charge in [-0.15, -0.1) is 0 Å². The highest BCUT2D eigenvalue weighted by Gasteiger charge is 2.39. The highest BCUT2D eigenvalue weighted by atomic mass is 35.5. The van der Waals surface area contributed by atoms with E-state index >= 15 is 0 Å². The topological polar surface area (TPSA) is 84.1 Å². The number of carbonyl (C=O) groups is 1. The molecular formula is C23H20Cl2F2N6O. The second kappa shape index (κ2) is 9.95. The molecule has 2 aliphatic rings. The molecule has 0 aliphatic carbocycles. The van der Waals surface area contributed by atoms with Crippen molar-refractivity contribution in [2.75, 3.05) is 19.6 Å². The number of nitrogens with one attached hydrogen (secondary N) is 1. The summed E-state index contributed by atoms with van der Waals surface area (Å²) in [6.45, 7) is -0.172. The molecule has 0 aromatic heterocycles. The zero-order valence-corrected chi connectivity index (χ0v) is 19.4. The molecule has 34 heavy (non-hydrogen) atoms. The molecule has 1 N–H and O–H groups in total. The van der Waals surface area contributed by atoms with E-state index in [4.69, 9.17) is 23.2 Å². The Balaban J connectivity index is 1.63. The summed E-state index contributed by atoms with van der Waals surface area (Å²) in [7, 11) is 0. The summed E-state index contributed by atoms with van der Waals surface area (Å²) in [5, 5.41) is 18.4. The number of carbonyl (C=O) groups excluding carboxylic acids is 1. The zero-order chi connectivity index (χ0) is 24.3. The molecule has 176 valence electrons. The third kappa shape index (κ3) is 5.13. The molecule has 1 fully saturated rings. The number of rotatable bonds is 5. The molecule has 2 heterocycles. The van der Waals surface area contributed by atoms with Crippen LogP contribution in [-0.2, 0) is 10.7 Å². The molecule has 4 rings (SSSR count). The van der Waals surface area contributed by atoms with E-state index in [-0.39, 0.29) is 24.0 Å². The lowest BCUT2D eigenvalue weighted by Gasteiger charge is -2.25. The molecule has 0 radical (unpaired) electrons. The summed E-state index contributed by atoms with van der Waals surface area (Å²) in [6, 6.07) is 11.8. The summed E-state index contributed by atoms with van der Waals surface area (Å²) < 4.78 is 29.5. The predicted octanol–water partition coefficient (Wildman–Crippen LogP) is 4.22. The molecule has 1 unspecified atom stereocenters. The molecule has 1 atom stereocenters. The Bertz CT molecular complexity index is 1160. The van der Waals surface area contributed by atoms with E-state index in [2.05, 4.69) is 15.4 Å². The molecule has 2 aromatic carbocycles. The van der Waals surface area contributed by atoms with Gasteiger partial charge in [-0.3, -0.25) is 10.1 Å². The van der Waals surface area contributed by atoms with Crippen LogP contribution in [0.5, 0.6) is 0 Å². The van der Waals surface area contributed by atoms with Gasteiger partial charge in [0.05, 0.1) is 18.3 Å². The van der Waals surface area contributed by atoms with E-state index < -0.39 is 18.5 Å². The number of nitriles is 1. The Morgan fingerprint density at radius 2 is 1.82 bits per heavy atom. The van der Waals surface area contributed by atoms with Crippen LogP contribution in [0.2, 0.25) is 10.0 Å². The minimum absolute atomic E-state index is 0.00508. The van der Waals surface area contributed by atoms with Crippen LogP contribution in [0.4, 0.5) is 8.78 Å². The van der Waals surface area contributed by atoms with Gasteiger partial charge in [0.15, 0.2) is 6.19 Å². The first-order valence-corrected chi connectivity index (χ1v) is 11.3. The Hall–Kier alpha value is -3.22. The Labute approximate surface area is 205 Å². The second-order valence-corrected chi connectivity index (χ2v) is 8.74. The van der Waals surface area contributed by atoms with Gasteiger partial charge in [-0.05, 0) is 30.7 Å². The highest BCUT2D eigenvalue weighted by molar-refractivity contribution is 6.31. The van der Waals surface area contributed by atoms with Gasteiger partial charge in [-0.1, -0.05) is 47.5 Å². The third-order valence-electron chi connectivity index (χ3n) is 5.62. The predicted molar refractivity (Wildman–Crippen MR) is 126 cm³/mol. The number of hydrogen-bond acceptors (Lipinski definition) is 4. The molecule has 0 bridgehead atoms. The van der Waals surface area contributed by atoms with Crippen molar-refractivity contribution in [1.82, 2.24) is 15.2 Å². The summed E-state index contributed by atoms with van der Waals surface area (Å²) >= 11 is 11.8. The summed E-state index contributed by atoms with van der Waals surface area (Å²) in [5.74, 6) is -3.43. The van der Waals surface area contributed by atoms with Crippen molar-refractivity contribution in [3.8, 4) is 6.19 Å². The number of aliphatic imine (C=N–C) groups is 1. The van der Waals surface area contributed by atoms with Gasteiger partial charge in [0, 0.05) is 34.1 Å². The quantitative estimate of drug-likeness (QED) is 0.286. The standard InChI is InChI=1S/C23H20Cl2F2N6O/c24-17-7-3-15(4-8-17)21-19(32-11-1-2-20(32)34)12-33(31-21)22(30-14-28)29-13-23(26,27)16-5-9-18(25)10-6-16/h3-10,19H,1-2,11-13H2,(H,29,30). The van der Waals surface area contributed by atoms with Crippen LogP contribution in [0.25, 0.3) is 0 Å². The van der Waals surface area contributed by atoms with E-state index in [1.54, 1.807) is 35.4 Å². The monoisotopic (exact) mass is 504 g/mol. The highest BCUT2D eigenvalue weighted by Crippen LogP contribution is 2.30. The van der Waals surface area contributed by atoms with Crippen LogP contribution in [0, 0.1) is 11.5 Å². The minimum atomic E-state index is -3.29. The number of halogens is 4. The number of likely N-dealkylation sites (tertiary alicyclic amines) is 1. The maximum absolute atomic E-state index is 14.7. The van der Waals surface area contributed by atoms with Gasteiger partial charge in [0.2, 0.25) is 11.9 Å². The lowest BCUT2D eigenvalue weighted by molar-refractivity contribution is -0.128. The molecular weight excluding hydrogens is 485 g/mol. The fourth-order valence-electron chi connectivity index (χ4n) is 3.93. The first kappa shape index (κ1) is 23.9. The number of benzene rings is 2. The van der Waals surface area contributed by atoms with Gasteiger partial charge in [0.1, 0.15) is 6.54 Å². The van der Waals surface area contributed by atoms with Gasteiger partial charge < -0.3 is 4.90 Å². The van der Waals surface area contributed by atoms with Crippen molar-refractivity contribution < 1.29 is 13.6 Å². The van der Waals surface area contributed by atoms with Crippen LogP contribution in [-0.4, -0.2) is 53.2 Å². The van der Waals surface area contributed by atoms with Crippen molar-refractivity contribution in [2.45, 2.75) is 24.8 Å². The molecule has 7 nitrogen and oxygen atoms in total. The Morgan fingerprint density at radius 1 is 1.18 bits per heavy atom. The van der Waals surface area contributed by atoms with Gasteiger partial charge in [-0.25, -0.2) is 10.0 Å². The van der Waals surface area contributed by atoms with Crippen molar-refractivity contribution in [1.29, 1.82) is 5.26 Å². The average Bonchev–Trinajstić information content (AvgIpc) is 3.43. The maximum atomic E-state index is 14.7. The summed E-state index contributed by atoms with van der Waals surface area (Å²) in [5.41, 5.74) is 1.06. The molecule has 2 aliphatic heterocycles. The maximum Gasteiger partial charge on any atom is 0.292 e. The van der Waals surface area contributed by atoms with Gasteiger partial charge in [-0.2, -0.15) is 19.1 Å². The largest absolute Gasteiger partial charge is 0.332 e. The first-order valence-electron chi connectivity index (χ1n) is 10.5. The second-order valence-electron chi connectivity index (χ2n) is 7.87. The average molecular weight is 505 g/mol. The van der Waals surface area contributed by atoms with E-state index in [1.165, 1.54) is 29.3 Å². The van der Waals surface area contributed by atoms with Crippen LogP contribution >= 0.6 is 23.2 Å². The molecule has 2 aromatic rings. The molecule has 1 amide bonds. The van der Waals surface area contributed by atoms with Crippen LogP contribution < -0.4 is 5.32 Å². The van der Waals surface area contributed by atoms with Crippen molar-refractivity contribution in [3.05, 3.63) is 69.7 Å². The van der Waals surface area contributed by atoms with Crippen LogP contribution in [0.15, 0.2) is 58.6 Å². The van der Waals surface area contributed by atoms with Gasteiger partial charge >= 0.3 is 0 Å². The van der Waals surface area contributed by atoms with E-state index in [0.717, 1.165) is 12.0 Å². The van der Waals surface area contributed by atoms with Crippen LogP contribution in [0.3, 0.4) is 0 Å². The van der Waals surface area contributed by atoms with Crippen LogP contribution in [0.1, 0.15) is 24.0 Å². The third-order valence-corrected chi connectivity index (χ3v) is 6.13. The number of hydrogen-bond donors (Lipinski definition) is 1. The smallest absolute Gasteiger partial charge is 0.292 e. The Kier molecular flexibility index (Phi) is 7.00. The molecule has 11 heteroatoms. The van der Waals surface area contributed by atoms with E-state index in [0.29, 0.717) is 28.7 Å². The Morgan fingerprint density at radius 3 is 2.41 bits per heavy atom.